The molecule has 0 aliphatic heterocycles. The molecule has 0 aliphatic carbocycles. The maximum Gasteiger partial charge on any atom is 0.101 e. The lowest BCUT2D eigenvalue weighted by atomic mass is 10.1. The van der Waals surface area contributed by atoms with Gasteiger partial charge < -0.3 is 10.6 Å². The van der Waals surface area contributed by atoms with Crippen molar-refractivity contribution in [2.45, 2.75) is 6.92 Å². The van der Waals surface area contributed by atoms with Gasteiger partial charge in [-0.25, -0.2) is 0 Å². The Morgan fingerprint density at radius 2 is 1.83 bits per heavy atom. The Hall–Kier alpha value is -2.47. The smallest absolute Gasteiger partial charge is 0.101 e. The SMILES string of the molecule is Cc1ccc(N)c(N(C)c2ccccc2C#N)c1. The zero-order valence-corrected chi connectivity index (χ0v) is 10.5. The Labute approximate surface area is 107 Å². The van der Waals surface area contributed by atoms with Crippen LogP contribution in [0.4, 0.5) is 17.1 Å². The highest BCUT2D eigenvalue weighted by Crippen LogP contribution is 2.31. The minimum absolute atomic E-state index is 0.640. The number of nitriles is 1. The minimum atomic E-state index is 0.640. The first-order valence-corrected chi connectivity index (χ1v) is 5.72. The highest BCUT2D eigenvalue weighted by molar-refractivity contribution is 5.77. The molecule has 18 heavy (non-hydrogen) atoms. The fourth-order valence-corrected chi connectivity index (χ4v) is 1.93. The van der Waals surface area contributed by atoms with Crippen LogP contribution in [0.3, 0.4) is 0 Å². The first-order chi connectivity index (χ1) is 8.63. The van der Waals surface area contributed by atoms with Gasteiger partial charge in [-0.15, -0.1) is 0 Å². The van der Waals surface area contributed by atoms with Crippen molar-refractivity contribution in [1.82, 2.24) is 0 Å². The number of para-hydroxylation sites is 1. The Morgan fingerprint density at radius 3 is 2.56 bits per heavy atom. The zero-order chi connectivity index (χ0) is 13.1. The number of anilines is 3. The van der Waals surface area contributed by atoms with Crippen LogP contribution < -0.4 is 10.6 Å². The molecule has 0 spiro atoms. The monoisotopic (exact) mass is 237 g/mol. The number of nitrogen functional groups attached to an aromatic ring is 1. The number of aryl methyl sites for hydroxylation is 1. The van der Waals surface area contributed by atoms with Gasteiger partial charge in [-0.3, -0.25) is 0 Å². The van der Waals surface area contributed by atoms with Crippen molar-refractivity contribution in [1.29, 1.82) is 5.26 Å². The number of benzene rings is 2. The van der Waals surface area contributed by atoms with E-state index in [0.717, 1.165) is 16.9 Å². The van der Waals surface area contributed by atoms with Crippen LogP contribution in [0.5, 0.6) is 0 Å². The Balaban J connectivity index is 2.51. The normalized spacial score (nSPS) is 9.83. The summed E-state index contributed by atoms with van der Waals surface area (Å²) in [5.74, 6) is 0. The Kier molecular flexibility index (Phi) is 3.20. The molecule has 3 heteroatoms. The molecular weight excluding hydrogens is 222 g/mol. The van der Waals surface area contributed by atoms with Gasteiger partial charge in [-0.2, -0.15) is 5.26 Å². The van der Waals surface area contributed by atoms with Gasteiger partial charge in [-0.05, 0) is 36.8 Å². The average Bonchev–Trinajstić information content (AvgIpc) is 2.40. The predicted octanol–water partition coefficient (Wildman–Crippen LogP) is 3.22. The summed E-state index contributed by atoms with van der Waals surface area (Å²) in [6, 6.07) is 15.6. The van der Waals surface area contributed by atoms with E-state index in [1.165, 1.54) is 0 Å². The molecule has 2 aromatic rings. The molecule has 0 amide bonds. The van der Waals surface area contributed by atoms with Gasteiger partial charge in [0.15, 0.2) is 0 Å². The number of hydrogen-bond donors (Lipinski definition) is 1. The summed E-state index contributed by atoms with van der Waals surface area (Å²) in [6.07, 6.45) is 0. The van der Waals surface area contributed by atoms with Gasteiger partial charge in [0.05, 0.1) is 22.6 Å². The summed E-state index contributed by atoms with van der Waals surface area (Å²) in [4.78, 5) is 1.95. The van der Waals surface area contributed by atoms with Crippen molar-refractivity contribution < 1.29 is 0 Å². The van der Waals surface area contributed by atoms with Gasteiger partial charge >= 0.3 is 0 Å². The van der Waals surface area contributed by atoms with Gasteiger partial charge in [0, 0.05) is 7.05 Å². The molecule has 0 radical (unpaired) electrons. The number of nitrogens with two attached hydrogens (primary N) is 1. The molecule has 0 unspecified atom stereocenters. The average molecular weight is 237 g/mol. The zero-order valence-electron chi connectivity index (χ0n) is 10.5. The third-order valence-corrected chi connectivity index (χ3v) is 2.93. The molecule has 0 aliphatic rings. The maximum atomic E-state index is 9.13. The Bertz CT molecular complexity index is 611. The molecule has 0 saturated carbocycles. The molecule has 2 N–H and O–H groups in total. The lowest BCUT2D eigenvalue weighted by Crippen LogP contribution is -2.13. The highest BCUT2D eigenvalue weighted by Gasteiger charge is 2.11. The van der Waals surface area contributed by atoms with Crippen LogP contribution in [0.15, 0.2) is 42.5 Å². The summed E-state index contributed by atoms with van der Waals surface area (Å²) in [6.45, 7) is 2.02. The van der Waals surface area contributed by atoms with E-state index in [1.54, 1.807) is 6.07 Å². The van der Waals surface area contributed by atoms with Crippen molar-refractivity contribution in [3.8, 4) is 6.07 Å². The summed E-state index contributed by atoms with van der Waals surface area (Å²) in [5.41, 5.74) is 10.3. The van der Waals surface area contributed by atoms with Crippen molar-refractivity contribution in [2.75, 3.05) is 17.7 Å². The van der Waals surface area contributed by atoms with Crippen molar-refractivity contribution in [3.05, 3.63) is 53.6 Å². The van der Waals surface area contributed by atoms with E-state index in [9.17, 15) is 0 Å². The quantitative estimate of drug-likeness (QED) is 0.816. The van der Waals surface area contributed by atoms with Crippen LogP contribution >= 0.6 is 0 Å². The molecule has 0 fully saturated rings. The van der Waals surface area contributed by atoms with E-state index >= 15 is 0 Å². The standard InChI is InChI=1S/C15H15N3/c1-11-7-8-13(17)15(9-11)18(2)14-6-4-3-5-12(14)10-16/h3-9H,17H2,1-2H3. The lowest BCUT2D eigenvalue weighted by molar-refractivity contribution is 1.19. The first kappa shape index (κ1) is 12.0. The van der Waals surface area contributed by atoms with E-state index in [-0.39, 0.29) is 0 Å². The lowest BCUT2D eigenvalue weighted by Gasteiger charge is -2.22. The second kappa shape index (κ2) is 4.80. The fourth-order valence-electron chi connectivity index (χ4n) is 1.93. The van der Waals surface area contributed by atoms with E-state index < -0.39 is 0 Å². The second-order valence-corrected chi connectivity index (χ2v) is 4.25. The first-order valence-electron chi connectivity index (χ1n) is 5.72. The maximum absolute atomic E-state index is 9.13. The van der Waals surface area contributed by atoms with Crippen LogP contribution in [0, 0.1) is 18.3 Å². The molecule has 3 nitrogen and oxygen atoms in total. The summed E-state index contributed by atoms with van der Waals surface area (Å²) in [7, 11) is 1.92. The fraction of sp³-hybridized carbons (Fsp3) is 0.133. The molecule has 90 valence electrons. The highest BCUT2D eigenvalue weighted by atomic mass is 15.1. The molecule has 0 atom stereocenters. The third-order valence-electron chi connectivity index (χ3n) is 2.93. The van der Waals surface area contributed by atoms with Crippen molar-refractivity contribution in [2.24, 2.45) is 0 Å². The summed E-state index contributed by atoms with van der Waals surface area (Å²) in [5, 5.41) is 9.13. The summed E-state index contributed by atoms with van der Waals surface area (Å²) < 4.78 is 0. The minimum Gasteiger partial charge on any atom is -0.397 e. The molecule has 0 saturated heterocycles. The predicted molar refractivity (Wildman–Crippen MR) is 74.8 cm³/mol. The molecule has 0 bridgehead atoms. The number of nitrogens with zero attached hydrogens (tertiary/aromatic N) is 2. The van der Waals surface area contributed by atoms with Crippen LogP contribution in [0.2, 0.25) is 0 Å². The van der Waals surface area contributed by atoms with Gasteiger partial charge in [0.1, 0.15) is 6.07 Å². The molecule has 2 rings (SSSR count). The van der Waals surface area contributed by atoms with E-state index in [0.29, 0.717) is 11.3 Å². The molecule has 2 aromatic carbocycles. The van der Waals surface area contributed by atoms with Crippen LogP contribution in [0.1, 0.15) is 11.1 Å². The van der Waals surface area contributed by atoms with Crippen LogP contribution in [-0.2, 0) is 0 Å². The van der Waals surface area contributed by atoms with Crippen LogP contribution in [0.25, 0.3) is 0 Å². The van der Waals surface area contributed by atoms with E-state index in [2.05, 4.69) is 6.07 Å². The third kappa shape index (κ3) is 2.14. The molecular formula is C15H15N3. The molecule has 0 aromatic heterocycles. The van der Waals surface area contributed by atoms with Gasteiger partial charge in [0.25, 0.3) is 0 Å². The number of rotatable bonds is 2. The number of hydrogen-bond acceptors (Lipinski definition) is 3. The van der Waals surface area contributed by atoms with Gasteiger partial charge in [-0.1, -0.05) is 18.2 Å². The van der Waals surface area contributed by atoms with Crippen molar-refractivity contribution >= 4 is 17.1 Å². The topological polar surface area (TPSA) is 53.0 Å². The van der Waals surface area contributed by atoms with Crippen LogP contribution in [-0.4, -0.2) is 7.05 Å². The largest absolute Gasteiger partial charge is 0.397 e. The summed E-state index contributed by atoms with van der Waals surface area (Å²) >= 11 is 0. The second-order valence-electron chi connectivity index (χ2n) is 4.25. The molecule has 0 heterocycles. The van der Waals surface area contributed by atoms with Gasteiger partial charge in [0.2, 0.25) is 0 Å². The van der Waals surface area contributed by atoms with E-state index in [4.69, 9.17) is 11.0 Å². The Morgan fingerprint density at radius 1 is 1.11 bits per heavy atom. The van der Waals surface area contributed by atoms with E-state index in [1.807, 2.05) is 55.3 Å². The van der Waals surface area contributed by atoms with Crippen molar-refractivity contribution in [3.63, 3.8) is 0 Å².